The highest BCUT2D eigenvalue weighted by Crippen LogP contribution is 2.28. The SMILES string of the molecule is O=C(/C=C/c1ccc(OC(F)F)cc1OC(F)F)N1CCN(Cc2cccs2)CC1. The number of benzene rings is 1. The number of carbonyl (C=O) groups is 1. The topological polar surface area (TPSA) is 42.0 Å². The van der Waals surface area contributed by atoms with Gasteiger partial charge in [-0.1, -0.05) is 6.07 Å². The molecule has 0 unspecified atom stereocenters. The largest absolute Gasteiger partial charge is 0.435 e. The number of alkyl halides is 4. The van der Waals surface area contributed by atoms with Crippen molar-refractivity contribution in [1.82, 2.24) is 9.80 Å². The van der Waals surface area contributed by atoms with E-state index >= 15 is 0 Å². The molecule has 1 aromatic heterocycles. The molecule has 1 aromatic carbocycles. The molecule has 2 aromatic rings. The zero-order chi connectivity index (χ0) is 21.5. The highest BCUT2D eigenvalue weighted by Gasteiger charge is 2.20. The zero-order valence-corrected chi connectivity index (χ0v) is 16.7. The van der Waals surface area contributed by atoms with E-state index in [9.17, 15) is 22.4 Å². The zero-order valence-electron chi connectivity index (χ0n) is 15.8. The molecule has 1 saturated heterocycles. The van der Waals surface area contributed by atoms with E-state index in [1.807, 2.05) is 11.4 Å². The third-order valence-corrected chi connectivity index (χ3v) is 5.34. The minimum absolute atomic E-state index is 0.154. The van der Waals surface area contributed by atoms with Gasteiger partial charge in [0.25, 0.3) is 0 Å². The summed E-state index contributed by atoms with van der Waals surface area (Å²) >= 11 is 1.69. The summed E-state index contributed by atoms with van der Waals surface area (Å²) in [4.78, 5) is 17.6. The number of amides is 1. The normalized spacial score (nSPS) is 15.3. The van der Waals surface area contributed by atoms with E-state index in [0.717, 1.165) is 25.7 Å². The van der Waals surface area contributed by atoms with Gasteiger partial charge in [0.15, 0.2) is 0 Å². The van der Waals surface area contributed by atoms with E-state index in [4.69, 9.17) is 0 Å². The van der Waals surface area contributed by atoms with Gasteiger partial charge in [-0.05, 0) is 29.7 Å². The molecule has 30 heavy (non-hydrogen) atoms. The minimum Gasteiger partial charge on any atom is -0.435 e. The molecule has 1 fully saturated rings. The van der Waals surface area contributed by atoms with Crippen molar-refractivity contribution in [2.45, 2.75) is 19.8 Å². The van der Waals surface area contributed by atoms with Crippen LogP contribution >= 0.6 is 11.3 Å². The van der Waals surface area contributed by atoms with Gasteiger partial charge in [-0.15, -0.1) is 11.3 Å². The van der Waals surface area contributed by atoms with Crippen molar-refractivity contribution >= 4 is 23.3 Å². The van der Waals surface area contributed by atoms with Crippen molar-refractivity contribution in [3.63, 3.8) is 0 Å². The van der Waals surface area contributed by atoms with Crippen LogP contribution < -0.4 is 9.47 Å². The lowest BCUT2D eigenvalue weighted by atomic mass is 10.1. The first-order chi connectivity index (χ1) is 14.4. The molecule has 0 radical (unpaired) electrons. The first kappa shape index (κ1) is 22.1. The van der Waals surface area contributed by atoms with Crippen molar-refractivity contribution in [1.29, 1.82) is 0 Å². The molecule has 2 heterocycles. The molecule has 0 saturated carbocycles. The van der Waals surface area contributed by atoms with Gasteiger partial charge in [-0.3, -0.25) is 9.69 Å². The molecule has 0 bridgehead atoms. The van der Waals surface area contributed by atoms with Gasteiger partial charge in [0.1, 0.15) is 11.5 Å². The third-order valence-electron chi connectivity index (χ3n) is 4.48. The number of hydrogen-bond donors (Lipinski definition) is 0. The van der Waals surface area contributed by atoms with Crippen LogP contribution in [0.15, 0.2) is 41.8 Å². The number of carbonyl (C=O) groups excluding carboxylic acids is 1. The lowest BCUT2D eigenvalue weighted by Gasteiger charge is -2.34. The monoisotopic (exact) mass is 444 g/mol. The lowest BCUT2D eigenvalue weighted by molar-refractivity contribution is -0.127. The van der Waals surface area contributed by atoms with Crippen LogP contribution in [-0.4, -0.2) is 55.1 Å². The molecular weight excluding hydrogens is 424 g/mol. The molecule has 1 amide bonds. The van der Waals surface area contributed by atoms with Gasteiger partial charge >= 0.3 is 13.2 Å². The van der Waals surface area contributed by atoms with E-state index in [1.165, 1.54) is 29.2 Å². The molecule has 1 aliphatic heterocycles. The molecular formula is C20H20F4N2O3S. The van der Waals surface area contributed by atoms with E-state index in [-0.39, 0.29) is 23.0 Å². The van der Waals surface area contributed by atoms with Crippen LogP contribution in [0.4, 0.5) is 17.6 Å². The number of hydrogen-bond acceptors (Lipinski definition) is 5. The van der Waals surface area contributed by atoms with Crippen molar-refractivity contribution in [2.24, 2.45) is 0 Å². The van der Waals surface area contributed by atoms with Crippen LogP contribution in [-0.2, 0) is 11.3 Å². The first-order valence-corrected chi connectivity index (χ1v) is 10.0. The van der Waals surface area contributed by atoms with Crippen LogP contribution in [0.5, 0.6) is 11.5 Å². The smallest absolute Gasteiger partial charge is 0.387 e. The van der Waals surface area contributed by atoms with Gasteiger partial charge in [0.05, 0.1) is 0 Å². The maximum Gasteiger partial charge on any atom is 0.387 e. The average molecular weight is 444 g/mol. The number of ether oxygens (including phenoxy) is 2. The Morgan fingerprint density at radius 2 is 1.80 bits per heavy atom. The summed E-state index contributed by atoms with van der Waals surface area (Å²) in [7, 11) is 0. The van der Waals surface area contributed by atoms with Crippen LogP contribution in [0.2, 0.25) is 0 Å². The van der Waals surface area contributed by atoms with E-state index in [1.54, 1.807) is 16.2 Å². The fourth-order valence-electron chi connectivity index (χ4n) is 3.04. The Morgan fingerprint density at radius 1 is 1.07 bits per heavy atom. The van der Waals surface area contributed by atoms with Gasteiger partial charge < -0.3 is 14.4 Å². The standard InChI is InChI=1S/C20H20F4N2O3S/c21-19(22)28-15-5-3-14(17(12-15)29-20(23)24)4-6-18(27)26-9-7-25(8-10-26)13-16-2-1-11-30-16/h1-6,11-12,19-20H,7-10,13H2/b6-4+. The molecule has 0 spiro atoms. The summed E-state index contributed by atoms with van der Waals surface area (Å²) < 4.78 is 58.5. The van der Waals surface area contributed by atoms with Crippen molar-refractivity contribution < 1.29 is 31.8 Å². The van der Waals surface area contributed by atoms with Crippen LogP contribution in [0.1, 0.15) is 10.4 Å². The van der Waals surface area contributed by atoms with Crippen LogP contribution in [0, 0.1) is 0 Å². The van der Waals surface area contributed by atoms with E-state index < -0.39 is 13.2 Å². The highest BCUT2D eigenvalue weighted by atomic mass is 32.1. The van der Waals surface area contributed by atoms with Crippen LogP contribution in [0.3, 0.4) is 0 Å². The molecule has 5 nitrogen and oxygen atoms in total. The Hall–Kier alpha value is -2.59. The Bertz CT molecular complexity index is 854. The van der Waals surface area contributed by atoms with Crippen molar-refractivity contribution in [2.75, 3.05) is 26.2 Å². The van der Waals surface area contributed by atoms with Crippen molar-refractivity contribution in [3.05, 3.63) is 52.2 Å². The second-order valence-corrected chi connectivity index (χ2v) is 7.50. The summed E-state index contributed by atoms with van der Waals surface area (Å²) in [5, 5.41) is 2.03. The Labute approximate surface area is 175 Å². The number of halogens is 4. The molecule has 3 rings (SSSR count). The van der Waals surface area contributed by atoms with Crippen LogP contribution in [0.25, 0.3) is 6.08 Å². The highest BCUT2D eigenvalue weighted by molar-refractivity contribution is 7.09. The average Bonchev–Trinajstić information content (AvgIpc) is 3.20. The lowest BCUT2D eigenvalue weighted by Crippen LogP contribution is -2.47. The predicted octanol–water partition coefficient (Wildman–Crippen LogP) is 4.31. The molecule has 10 heteroatoms. The summed E-state index contributed by atoms with van der Waals surface area (Å²) in [6.07, 6.45) is 2.58. The number of rotatable bonds is 8. The second kappa shape index (κ2) is 10.4. The number of piperazine rings is 1. The Balaban J connectivity index is 1.59. The van der Waals surface area contributed by atoms with Gasteiger partial charge in [-0.2, -0.15) is 17.6 Å². The van der Waals surface area contributed by atoms with E-state index in [0.29, 0.717) is 13.1 Å². The van der Waals surface area contributed by atoms with Gasteiger partial charge in [-0.25, -0.2) is 0 Å². The molecule has 162 valence electrons. The fraction of sp³-hybridized carbons (Fsp3) is 0.350. The maximum absolute atomic E-state index is 12.6. The van der Waals surface area contributed by atoms with Crippen molar-refractivity contribution in [3.8, 4) is 11.5 Å². The number of nitrogens with zero attached hydrogens (tertiary/aromatic N) is 2. The Morgan fingerprint density at radius 3 is 2.43 bits per heavy atom. The second-order valence-electron chi connectivity index (χ2n) is 6.47. The quantitative estimate of drug-likeness (QED) is 0.450. The first-order valence-electron chi connectivity index (χ1n) is 9.16. The Kier molecular flexibility index (Phi) is 7.69. The van der Waals surface area contributed by atoms with E-state index in [2.05, 4.69) is 20.4 Å². The molecule has 0 aliphatic carbocycles. The summed E-state index contributed by atoms with van der Waals surface area (Å²) in [6.45, 7) is -2.83. The minimum atomic E-state index is -3.15. The number of thiophene rings is 1. The summed E-state index contributed by atoms with van der Waals surface area (Å²) in [5.74, 6) is -0.930. The third kappa shape index (κ3) is 6.46. The van der Waals surface area contributed by atoms with Gasteiger partial charge in [0.2, 0.25) is 5.91 Å². The molecule has 0 atom stereocenters. The summed E-state index contributed by atoms with van der Waals surface area (Å²) in [6, 6.07) is 7.48. The fourth-order valence-corrected chi connectivity index (χ4v) is 3.79. The molecule has 1 aliphatic rings. The maximum atomic E-state index is 12.6. The predicted molar refractivity (Wildman–Crippen MR) is 105 cm³/mol. The summed E-state index contributed by atoms with van der Waals surface area (Å²) in [5.41, 5.74) is 0.154. The van der Waals surface area contributed by atoms with Gasteiger partial charge in [0, 0.05) is 55.3 Å². The molecule has 0 N–H and O–H groups in total.